The summed E-state index contributed by atoms with van der Waals surface area (Å²) in [6, 6.07) is 16.5. The van der Waals surface area contributed by atoms with Gasteiger partial charge in [-0.15, -0.1) is 0 Å². The van der Waals surface area contributed by atoms with E-state index in [0.717, 1.165) is 18.6 Å². The van der Waals surface area contributed by atoms with Gasteiger partial charge in [0.25, 0.3) is 0 Å². The molecule has 0 bridgehead atoms. The first-order valence-electron chi connectivity index (χ1n) is 9.81. The van der Waals surface area contributed by atoms with Crippen molar-refractivity contribution < 1.29 is 4.74 Å². The van der Waals surface area contributed by atoms with Crippen molar-refractivity contribution in [1.82, 2.24) is 4.57 Å². The Labute approximate surface area is 162 Å². The van der Waals surface area contributed by atoms with Crippen LogP contribution in [-0.2, 0) is 19.9 Å². The lowest BCUT2D eigenvalue weighted by Crippen LogP contribution is -2.01. The van der Waals surface area contributed by atoms with Crippen molar-refractivity contribution in [3.05, 3.63) is 64.8 Å². The van der Waals surface area contributed by atoms with E-state index in [0.29, 0.717) is 5.56 Å². The molecule has 0 atom stereocenters. The van der Waals surface area contributed by atoms with Crippen LogP contribution in [0.3, 0.4) is 0 Å². The zero-order valence-corrected chi connectivity index (χ0v) is 16.6. The van der Waals surface area contributed by atoms with E-state index < -0.39 is 0 Å². The zero-order chi connectivity index (χ0) is 19.2. The highest BCUT2D eigenvalue weighted by atomic mass is 16.5. The Morgan fingerprint density at radius 3 is 2.48 bits per heavy atom. The summed E-state index contributed by atoms with van der Waals surface area (Å²) in [5.74, 6) is 0.910. The third-order valence-corrected chi connectivity index (χ3v) is 5.38. The molecule has 0 saturated carbocycles. The molecule has 3 rings (SSSR count). The molecule has 3 aromatic rings. The molecule has 27 heavy (non-hydrogen) atoms. The van der Waals surface area contributed by atoms with Crippen LogP contribution in [0.15, 0.2) is 42.5 Å². The number of benzene rings is 2. The van der Waals surface area contributed by atoms with Gasteiger partial charge in [-0.1, -0.05) is 38.3 Å². The van der Waals surface area contributed by atoms with Gasteiger partial charge in [0.2, 0.25) is 0 Å². The summed E-state index contributed by atoms with van der Waals surface area (Å²) in [7, 11) is 3.88. The Morgan fingerprint density at radius 1 is 1.04 bits per heavy atom. The SMILES string of the molecule is CCCCCCc1c(Cc2ccc(C#N)cc2)n(C)c2ccc(OC)cc12. The molecule has 0 aliphatic carbocycles. The second-order valence-electron chi connectivity index (χ2n) is 7.16. The van der Waals surface area contributed by atoms with Gasteiger partial charge in [-0.3, -0.25) is 0 Å². The Balaban J connectivity index is 1.99. The first-order valence-corrected chi connectivity index (χ1v) is 9.81. The molecule has 0 saturated heterocycles. The number of rotatable bonds is 8. The van der Waals surface area contributed by atoms with Crippen LogP contribution < -0.4 is 4.74 Å². The molecule has 0 radical (unpaired) electrons. The minimum atomic E-state index is 0.709. The number of hydrogen-bond acceptors (Lipinski definition) is 2. The average Bonchev–Trinajstić information content (AvgIpc) is 2.96. The number of hydrogen-bond donors (Lipinski definition) is 0. The summed E-state index contributed by atoms with van der Waals surface area (Å²) >= 11 is 0. The second-order valence-corrected chi connectivity index (χ2v) is 7.16. The molecule has 0 unspecified atom stereocenters. The number of nitrogens with zero attached hydrogens (tertiary/aromatic N) is 2. The summed E-state index contributed by atoms with van der Waals surface area (Å²) < 4.78 is 7.79. The molecule has 0 N–H and O–H groups in total. The number of unbranched alkanes of at least 4 members (excludes halogenated alkanes) is 3. The fourth-order valence-corrected chi connectivity index (χ4v) is 3.80. The Kier molecular flexibility index (Phi) is 6.19. The normalized spacial score (nSPS) is 10.9. The highest BCUT2D eigenvalue weighted by molar-refractivity contribution is 5.87. The highest BCUT2D eigenvalue weighted by Crippen LogP contribution is 2.31. The minimum Gasteiger partial charge on any atom is -0.497 e. The summed E-state index contributed by atoms with van der Waals surface area (Å²) in [6.45, 7) is 2.25. The van der Waals surface area contributed by atoms with Gasteiger partial charge in [0, 0.05) is 30.1 Å². The van der Waals surface area contributed by atoms with Gasteiger partial charge in [-0.25, -0.2) is 0 Å². The van der Waals surface area contributed by atoms with Crippen LogP contribution in [0.25, 0.3) is 10.9 Å². The summed E-state index contributed by atoms with van der Waals surface area (Å²) in [5, 5.41) is 10.3. The quantitative estimate of drug-likeness (QED) is 0.478. The van der Waals surface area contributed by atoms with Crippen LogP contribution in [0, 0.1) is 11.3 Å². The monoisotopic (exact) mass is 360 g/mol. The van der Waals surface area contributed by atoms with Gasteiger partial charge in [-0.05, 0) is 54.3 Å². The van der Waals surface area contributed by atoms with Gasteiger partial charge in [0.15, 0.2) is 0 Å². The van der Waals surface area contributed by atoms with Crippen molar-refractivity contribution in [3.63, 3.8) is 0 Å². The number of methoxy groups -OCH3 is 1. The molecule has 1 heterocycles. The third kappa shape index (κ3) is 4.17. The fourth-order valence-electron chi connectivity index (χ4n) is 3.80. The number of aromatic nitrogens is 1. The molecule has 3 nitrogen and oxygen atoms in total. The molecular formula is C24H28N2O. The Hall–Kier alpha value is -2.73. The van der Waals surface area contributed by atoms with Crippen LogP contribution in [0.5, 0.6) is 5.75 Å². The number of fused-ring (bicyclic) bond motifs is 1. The van der Waals surface area contributed by atoms with E-state index in [1.807, 2.05) is 18.2 Å². The van der Waals surface area contributed by atoms with Crippen LogP contribution >= 0.6 is 0 Å². The number of nitriles is 1. The van der Waals surface area contributed by atoms with E-state index in [1.165, 1.54) is 53.4 Å². The predicted molar refractivity (Wildman–Crippen MR) is 111 cm³/mol. The lowest BCUT2D eigenvalue weighted by Gasteiger charge is -2.09. The smallest absolute Gasteiger partial charge is 0.119 e. The van der Waals surface area contributed by atoms with Crippen molar-refractivity contribution in [2.75, 3.05) is 7.11 Å². The van der Waals surface area contributed by atoms with E-state index >= 15 is 0 Å². The molecule has 3 heteroatoms. The van der Waals surface area contributed by atoms with Gasteiger partial charge in [0.1, 0.15) is 5.75 Å². The molecule has 0 fully saturated rings. The van der Waals surface area contributed by atoms with E-state index in [2.05, 4.69) is 48.9 Å². The van der Waals surface area contributed by atoms with Crippen molar-refractivity contribution in [2.24, 2.45) is 7.05 Å². The third-order valence-electron chi connectivity index (χ3n) is 5.38. The van der Waals surface area contributed by atoms with E-state index in [9.17, 15) is 0 Å². The van der Waals surface area contributed by atoms with E-state index in [4.69, 9.17) is 10.00 Å². The van der Waals surface area contributed by atoms with Gasteiger partial charge in [-0.2, -0.15) is 5.26 Å². The fraction of sp³-hybridized carbons (Fsp3) is 0.375. The average molecular weight is 361 g/mol. The molecule has 140 valence electrons. The first-order chi connectivity index (χ1) is 13.2. The van der Waals surface area contributed by atoms with Crippen molar-refractivity contribution >= 4 is 10.9 Å². The molecule has 0 aliphatic heterocycles. The van der Waals surface area contributed by atoms with Crippen LogP contribution in [0.2, 0.25) is 0 Å². The van der Waals surface area contributed by atoms with Gasteiger partial charge in [0.05, 0.1) is 18.7 Å². The Bertz CT molecular complexity index is 945. The van der Waals surface area contributed by atoms with Crippen LogP contribution in [-0.4, -0.2) is 11.7 Å². The first kappa shape index (κ1) is 19.0. The number of aryl methyl sites for hydroxylation is 2. The molecule has 2 aromatic carbocycles. The standard InChI is InChI=1S/C24H28N2O/c1-4-5-6-7-8-21-22-16-20(27-3)13-14-23(22)26(2)24(21)15-18-9-11-19(17-25)12-10-18/h9-14,16H,4-8,15H2,1-3H3. The summed E-state index contributed by atoms with van der Waals surface area (Å²) in [4.78, 5) is 0. The minimum absolute atomic E-state index is 0.709. The van der Waals surface area contributed by atoms with Gasteiger partial charge >= 0.3 is 0 Å². The van der Waals surface area contributed by atoms with Crippen molar-refractivity contribution in [3.8, 4) is 11.8 Å². The molecule has 0 spiro atoms. The lowest BCUT2D eigenvalue weighted by atomic mass is 9.99. The van der Waals surface area contributed by atoms with E-state index in [-0.39, 0.29) is 0 Å². The van der Waals surface area contributed by atoms with Crippen molar-refractivity contribution in [2.45, 2.75) is 45.4 Å². The topological polar surface area (TPSA) is 38.0 Å². The molecular weight excluding hydrogens is 332 g/mol. The summed E-state index contributed by atoms with van der Waals surface area (Å²) in [6.07, 6.45) is 7.00. The second kappa shape index (κ2) is 8.77. The molecule has 0 aliphatic rings. The van der Waals surface area contributed by atoms with Gasteiger partial charge < -0.3 is 9.30 Å². The summed E-state index contributed by atoms with van der Waals surface area (Å²) in [5.41, 5.74) is 6.00. The number of ether oxygens (including phenoxy) is 1. The predicted octanol–water partition coefficient (Wildman–Crippen LogP) is 5.77. The van der Waals surface area contributed by atoms with Crippen LogP contribution in [0.4, 0.5) is 0 Å². The maximum absolute atomic E-state index is 9.03. The van der Waals surface area contributed by atoms with E-state index in [1.54, 1.807) is 7.11 Å². The Morgan fingerprint density at radius 2 is 1.81 bits per heavy atom. The lowest BCUT2D eigenvalue weighted by molar-refractivity contribution is 0.415. The zero-order valence-electron chi connectivity index (χ0n) is 16.6. The van der Waals surface area contributed by atoms with Crippen molar-refractivity contribution in [1.29, 1.82) is 5.26 Å². The molecule has 1 aromatic heterocycles. The maximum atomic E-state index is 9.03. The van der Waals surface area contributed by atoms with Crippen LogP contribution in [0.1, 0.15) is 55.0 Å². The molecule has 0 amide bonds. The largest absolute Gasteiger partial charge is 0.497 e. The highest BCUT2D eigenvalue weighted by Gasteiger charge is 2.16. The maximum Gasteiger partial charge on any atom is 0.119 e.